The van der Waals surface area contributed by atoms with Crippen LogP contribution >= 0.6 is 12.2 Å². The first kappa shape index (κ1) is 42.9. The van der Waals surface area contributed by atoms with E-state index in [1.165, 1.54) is 11.0 Å². The Hall–Kier alpha value is -5.19. The molecule has 19 heteroatoms. The maximum absolute atomic E-state index is 13.7. The number of pyridine rings is 1. The van der Waals surface area contributed by atoms with Crippen LogP contribution < -0.4 is 20.4 Å². The summed E-state index contributed by atoms with van der Waals surface area (Å²) >= 11 is 5.73. The fourth-order valence-electron chi connectivity index (χ4n) is 9.46. The van der Waals surface area contributed by atoms with Gasteiger partial charge in [0.2, 0.25) is 11.8 Å². The molecule has 0 bridgehead atoms. The van der Waals surface area contributed by atoms with E-state index in [1.807, 2.05) is 17.0 Å². The van der Waals surface area contributed by atoms with E-state index in [-0.39, 0.29) is 66.4 Å². The van der Waals surface area contributed by atoms with Crippen LogP contribution in [-0.4, -0.2) is 103 Å². The van der Waals surface area contributed by atoms with Gasteiger partial charge in [-0.2, -0.15) is 23.5 Å². The number of amides is 5. The molecule has 1 aromatic carbocycles. The molecule has 2 N–H and O–H groups in total. The van der Waals surface area contributed by atoms with Crippen molar-refractivity contribution < 1.29 is 37.1 Å². The number of fused-ring (bicyclic) bond motifs is 1. The molecule has 3 saturated heterocycles. The number of imide groups is 1. The van der Waals surface area contributed by atoms with Gasteiger partial charge >= 0.3 is 12.2 Å². The van der Waals surface area contributed by atoms with Crippen molar-refractivity contribution in [2.75, 3.05) is 34.8 Å². The number of aryl methyl sites for hydroxylation is 1. The zero-order valence-electron chi connectivity index (χ0n) is 34.2. The lowest BCUT2D eigenvalue weighted by Gasteiger charge is -2.42. The quantitative estimate of drug-likeness (QED) is 0.235. The number of thiocarbonyl (C=S) groups is 1. The number of anilines is 3. The summed E-state index contributed by atoms with van der Waals surface area (Å²) in [6.07, 6.45) is 2.05. The highest BCUT2D eigenvalue weighted by Crippen LogP contribution is 2.41. The maximum atomic E-state index is 13.7. The number of benzene rings is 1. The number of para-hydroxylation sites is 1. The van der Waals surface area contributed by atoms with E-state index in [0.717, 1.165) is 49.3 Å². The number of aromatic nitrogens is 3. The minimum Gasteiger partial charge on any atom is -0.378 e. The summed E-state index contributed by atoms with van der Waals surface area (Å²) in [5, 5.41) is 19.9. The average molecular weight is 851 g/mol. The minimum atomic E-state index is -4.83. The summed E-state index contributed by atoms with van der Waals surface area (Å²) in [6.45, 7) is 8.75. The highest BCUT2D eigenvalue weighted by molar-refractivity contribution is 7.80. The number of halogens is 3. The Morgan fingerprint density at radius 1 is 1.12 bits per heavy atom. The zero-order valence-corrected chi connectivity index (χ0v) is 35.0. The third-order valence-corrected chi connectivity index (χ3v) is 12.8. The summed E-state index contributed by atoms with van der Waals surface area (Å²) in [7, 11) is 1.75. The predicted octanol–water partition coefficient (Wildman–Crippen LogP) is 5.86. The number of nitrogens with zero attached hydrogens (tertiary/aromatic N) is 8. The van der Waals surface area contributed by atoms with Crippen molar-refractivity contribution in [2.24, 2.45) is 13.0 Å². The Labute approximate surface area is 351 Å². The molecule has 5 heterocycles. The predicted molar refractivity (Wildman–Crippen MR) is 220 cm³/mol. The maximum Gasteiger partial charge on any atom is 0.419 e. The number of carbonyl (C=O) groups is 4. The topological polar surface area (TPSA) is 169 Å². The first-order valence-electron chi connectivity index (χ1n) is 20.3. The first-order chi connectivity index (χ1) is 28.4. The van der Waals surface area contributed by atoms with Crippen molar-refractivity contribution in [1.82, 2.24) is 29.9 Å². The molecule has 3 atom stereocenters. The molecule has 1 aliphatic carbocycles. The molecule has 3 aromatic rings. The van der Waals surface area contributed by atoms with Crippen molar-refractivity contribution >= 4 is 69.2 Å². The summed E-state index contributed by atoms with van der Waals surface area (Å²) in [5.74, 6) is -0.0943. The van der Waals surface area contributed by atoms with Crippen molar-refractivity contribution in [3.8, 4) is 6.07 Å². The zero-order chi connectivity index (χ0) is 43.3. The van der Waals surface area contributed by atoms with Gasteiger partial charge in [-0.25, -0.2) is 9.78 Å². The Kier molecular flexibility index (Phi) is 11.9. The van der Waals surface area contributed by atoms with Crippen LogP contribution in [0.2, 0.25) is 0 Å². The van der Waals surface area contributed by atoms with Crippen molar-refractivity contribution in [1.29, 1.82) is 5.26 Å². The molecule has 1 saturated carbocycles. The van der Waals surface area contributed by atoms with Gasteiger partial charge in [0.05, 0.1) is 41.3 Å². The monoisotopic (exact) mass is 850 g/mol. The van der Waals surface area contributed by atoms with Crippen molar-refractivity contribution in [2.45, 2.75) is 115 Å². The molecule has 2 aromatic heterocycles. The lowest BCUT2D eigenvalue weighted by Crippen LogP contribution is -2.51. The SMILES string of the molecule is C[C@@H]1C[C@@H](CCO[C@H]2CC[C@H](N3C(=S)N(c4cnc(C#N)c(C(F)(F)F)c4)C(=O)C3(C)C)CC2)C[C@H](C)N1CC(=O)Nc1cccc2c(N3CCC(=O)NC3=O)nn(C)c12. The van der Waals surface area contributed by atoms with Crippen LogP contribution in [0.1, 0.15) is 90.3 Å². The van der Waals surface area contributed by atoms with Gasteiger partial charge in [-0.1, -0.05) is 6.07 Å². The molecule has 320 valence electrons. The first-order valence-corrected chi connectivity index (χ1v) is 20.7. The van der Waals surface area contributed by atoms with Crippen molar-refractivity contribution in [3.63, 3.8) is 0 Å². The molecule has 3 aliphatic heterocycles. The number of rotatable bonds is 10. The highest BCUT2D eigenvalue weighted by atomic mass is 32.1. The van der Waals surface area contributed by atoms with E-state index in [4.69, 9.17) is 17.0 Å². The van der Waals surface area contributed by atoms with E-state index in [0.29, 0.717) is 47.8 Å². The number of nitriles is 1. The van der Waals surface area contributed by atoms with Gasteiger partial charge in [-0.15, -0.1) is 0 Å². The number of ether oxygens (including phenoxy) is 1. The van der Waals surface area contributed by atoms with Crippen LogP contribution in [0.25, 0.3) is 10.9 Å². The van der Waals surface area contributed by atoms with Gasteiger partial charge in [0.1, 0.15) is 11.6 Å². The number of urea groups is 1. The van der Waals surface area contributed by atoms with Gasteiger partial charge in [0.15, 0.2) is 16.6 Å². The second kappa shape index (κ2) is 16.7. The van der Waals surface area contributed by atoms with E-state index in [9.17, 15) is 37.6 Å². The van der Waals surface area contributed by atoms with E-state index < -0.39 is 34.9 Å². The summed E-state index contributed by atoms with van der Waals surface area (Å²) in [5.41, 5.74) is -1.95. The third kappa shape index (κ3) is 8.28. The highest BCUT2D eigenvalue weighted by Gasteiger charge is 2.53. The molecule has 0 spiro atoms. The minimum absolute atomic E-state index is 0.0317. The van der Waals surface area contributed by atoms with Crippen LogP contribution in [0.3, 0.4) is 0 Å². The molecule has 60 heavy (non-hydrogen) atoms. The second-order valence-corrected chi connectivity index (χ2v) is 17.2. The summed E-state index contributed by atoms with van der Waals surface area (Å²) in [6, 6.07) is 7.37. The van der Waals surface area contributed by atoms with E-state index in [1.54, 1.807) is 31.6 Å². The molecule has 5 amide bonds. The molecular weight excluding hydrogens is 802 g/mol. The molecule has 0 radical (unpaired) electrons. The number of alkyl halides is 3. The number of hydrogen-bond acceptors (Lipinski definition) is 10. The average Bonchev–Trinajstić information content (AvgIpc) is 3.61. The second-order valence-electron chi connectivity index (χ2n) is 16.8. The van der Waals surface area contributed by atoms with Crippen LogP contribution in [0.5, 0.6) is 0 Å². The Balaban J connectivity index is 0.884. The lowest BCUT2D eigenvalue weighted by atomic mass is 9.85. The third-order valence-electron chi connectivity index (χ3n) is 12.4. The molecular formula is C41H49F3N10O5S. The normalized spacial score (nSPS) is 25.2. The van der Waals surface area contributed by atoms with Crippen LogP contribution in [0.15, 0.2) is 30.5 Å². The van der Waals surface area contributed by atoms with Crippen LogP contribution in [0, 0.1) is 17.2 Å². The van der Waals surface area contributed by atoms with E-state index >= 15 is 0 Å². The van der Waals surface area contributed by atoms with Crippen LogP contribution in [0.4, 0.5) is 35.2 Å². The molecule has 4 fully saturated rings. The Morgan fingerprint density at radius 3 is 2.47 bits per heavy atom. The fourth-order valence-corrected chi connectivity index (χ4v) is 10.0. The molecule has 15 nitrogen and oxygen atoms in total. The molecule has 7 rings (SSSR count). The van der Waals surface area contributed by atoms with Gasteiger partial charge in [0, 0.05) is 50.1 Å². The number of nitrogens with one attached hydrogen (secondary N) is 2. The van der Waals surface area contributed by atoms with Gasteiger partial charge in [0.25, 0.3) is 5.91 Å². The van der Waals surface area contributed by atoms with Crippen molar-refractivity contribution in [3.05, 3.63) is 41.7 Å². The number of piperidine rings is 1. The summed E-state index contributed by atoms with van der Waals surface area (Å²) < 4.78 is 49.2. The van der Waals surface area contributed by atoms with Gasteiger partial charge < -0.3 is 15.0 Å². The number of likely N-dealkylation sites (tertiary alicyclic amines) is 1. The van der Waals surface area contributed by atoms with Crippen LogP contribution in [-0.2, 0) is 32.3 Å². The molecule has 4 aliphatic rings. The fraction of sp³-hybridized carbons (Fsp3) is 0.561. The molecule has 0 unspecified atom stereocenters. The standard InChI is InChI=1S/C41H49F3N10O5S/c1-23-17-25(18-24(2)52(23)22-34(56)47-31-8-6-7-29-35(31)50(5)49-36(29)51-15-13-33(55)48-38(51)58)14-16-59-28-11-9-26(10-12-28)54-39(60)53(37(57)40(54,3)4)27-19-30(41(42,43)44)32(20-45)46-21-27/h6-8,19,21,23-26,28H,9-18,22H2,1-5H3,(H,47,56)(H,48,55,58)/t23-,24+,25-,26-,28-. The number of carbonyl (C=O) groups excluding carboxylic acids is 4. The van der Waals surface area contributed by atoms with Gasteiger partial charge in [-0.3, -0.25) is 39.1 Å². The summed E-state index contributed by atoms with van der Waals surface area (Å²) in [4.78, 5) is 61.6. The van der Waals surface area contributed by atoms with E-state index in [2.05, 4.69) is 39.5 Å². The smallest absolute Gasteiger partial charge is 0.378 e. The van der Waals surface area contributed by atoms with Gasteiger partial charge in [-0.05, 0) is 109 Å². The number of hydrogen-bond donors (Lipinski definition) is 2. The largest absolute Gasteiger partial charge is 0.419 e. The Morgan fingerprint density at radius 2 is 1.82 bits per heavy atom. The Bertz CT molecular complexity index is 2240. The lowest BCUT2D eigenvalue weighted by molar-refractivity contribution is -0.138.